The van der Waals surface area contributed by atoms with Crippen LogP contribution in [0.4, 0.5) is 0 Å². The van der Waals surface area contributed by atoms with Crippen molar-refractivity contribution < 1.29 is 9.09 Å². The Morgan fingerprint density at radius 2 is 1.73 bits per heavy atom. The second-order valence-corrected chi connectivity index (χ2v) is 4.04. The van der Waals surface area contributed by atoms with Crippen LogP contribution in [0.3, 0.4) is 0 Å². The smallest absolute Gasteiger partial charge is 0.148 e. The Balaban J connectivity index is 1.95. The number of benzene rings is 1. The molecule has 1 atom stereocenters. The van der Waals surface area contributed by atoms with Gasteiger partial charge in [-0.3, -0.25) is 0 Å². The third-order valence-electron chi connectivity index (χ3n) is 2.36. The zero-order valence-corrected chi connectivity index (χ0v) is 9.95. The summed E-state index contributed by atoms with van der Waals surface area (Å²) in [6, 6.07) is 10.5. The van der Waals surface area contributed by atoms with Gasteiger partial charge >= 0.3 is 8.69 Å². The minimum Gasteiger partial charge on any atom is -0.148 e. The van der Waals surface area contributed by atoms with Gasteiger partial charge in [0, 0.05) is 0 Å². The molecule has 0 N–H and O–H groups in total. The standard InChI is InChI=1S/C12H18O2P/c13-15-14-11-7-2-1-4-8-12-9-5-3-6-10-12/h3,5-6,9-10,15H,1-2,4,7-8,11H2/q+1. The second-order valence-electron chi connectivity index (χ2n) is 3.58. The molecule has 0 saturated heterocycles. The van der Waals surface area contributed by atoms with E-state index in [0.29, 0.717) is 6.61 Å². The SMILES string of the molecule is O=[PH+]OCCCCCCc1ccccc1. The van der Waals surface area contributed by atoms with Crippen molar-refractivity contribution in [1.29, 1.82) is 0 Å². The normalized spacial score (nSPS) is 10.7. The minimum absolute atomic E-state index is 0.602. The highest BCUT2D eigenvalue weighted by Gasteiger charge is 1.95. The van der Waals surface area contributed by atoms with E-state index in [2.05, 4.69) is 24.3 Å². The quantitative estimate of drug-likeness (QED) is 0.497. The third kappa shape index (κ3) is 6.38. The highest BCUT2D eigenvalue weighted by molar-refractivity contribution is 7.17. The molecule has 0 aliphatic heterocycles. The van der Waals surface area contributed by atoms with E-state index in [1.165, 1.54) is 18.4 Å². The lowest BCUT2D eigenvalue weighted by Crippen LogP contribution is -1.88. The monoisotopic (exact) mass is 225 g/mol. The topological polar surface area (TPSA) is 26.3 Å². The Labute approximate surface area is 92.9 Å². The van der Waals surface area contributed by atoms with Gasteiger partial charge in [0.15, 0.2) is 0 Å². The first kappa shape index (κ1) is 12.4. The summed E-state index contributed by atoms with van der Waals surface area (Å²) in [5.41, 5.74) is 1.41. The zero-order chi connectivity index (χ0) is 10.8. The molecule has 2 nitrogen and oxygen atoms in total. The molecule has 15 heavy (non-hydrogen) atoms. The Kier molecular flexibility index (Phi) is 7.06. The van der Waals surface area contributed by atoms with Crippen LogP contribution >= 0.6 is 8.69 Å². The maximum atomic E-state index is 10.0. The highest BCUT2D eigenvalue weighted by Crippen LogP contribution is 2.08. The summed E-state index contributed by atoms with van der Waals surface area (Å²) in [6.45, 7) is 0.632. The Hall–Kier alpha value is -0.720. The highest BCUT2D eigenvalue weighted by atomic mass is 31.1. The van der Waals surface area contributed by atoms with Crippen molar-refractivity contribution in [3.63, 3.8) is 0 Å². The summed E-state index contributed by atoms with van der Waals surface area (Å²) in [4.78, 5) is 0. The van der Waals surface area contributed by atoms with E-state index in [4.69, 9.17) is 4.52 Å². The van der Waals surface area contributed by atoms with E-state index in [9.17, 15) is 4.57 Å². The van der Waals surface area contributed by atoms with Crippen LogP contribution in [-0.2, 0) is 15.5 Å². The first-order valence-corrected chi connectivity index (χ1v) is 6.28. The number of aryl methyl sites for hydroxylation is 1. The van der Waals surface area contributed by atoms with Crippen LogP contribution in [-0.4, -0.2) is 6.61 Å². The molecule has 1 aromatic carbocycles. The van der Waals surface area contributed by atoms with Gasteiger partial charge in [-0.25, -0.2) is 0 Å². The molecule has 0 heterocycles. The molecule has 0 bridgehead atoms. The summed E-state index contributed by atoms with van der Waals surface area (Å²) in [6.07, 6.45) is 5.79. The first-order chi connectivity index (χ1) is 7.43. The van der Waals surface area contributed by atoms with Crippen LogP contribution in [0.1, 0.15) is 31.2 Å². The molecule has 0 saturated carbocycles. The lowest BCUT2D eigenvalue weighted by atomic mass is 10.1. The van der Waals surface area contributed by atoms with E-state index in [1.54, 1.807) is 0 Å². The summed E-state index contributed by atoms with van der Waals surface area (Å²) in [5, 5.41) is 0. The van der Waals surface area contributed by atoms with Crippen LogP contribution in [0.25, 0.3) is 0 Å². The van der Waals surface area contributed by atoms with Gasteiger partial charge in [-0.15, -0.1) is 4.52 Å². The molecule has 0 amide bonds. The van der Waals surface area contributed by atoms with Crippen LogP contribution in [0.5, 0.6) is 0 Å². The average Bonchev–Trinajstić information content (AvgIpc) is 2.29. The van der Waals surface area contributed by atoms with E-state index in [-0.39, 0.29) is 0 Å². The summed E-state index contributed by atoms with van der Waals surface area (Å²) >= 11 is 0. The van der Waals surface area contributed by atoms with E-state index in [0.717, 1.165) is 19.3 Å². The van der Waals surface area contributed by atoms with Crippen LogP contribution in [0.15, 0.2) is 30.3 Å². The van der Waals surface area contributed by atoms with Gasteiger partial charge in [0.1, 0.15) is 6.61 Å². The van der Waals surface area contributed by atoms with E-state index in [1.807, 2.05) is 6.07 Å². The fraction of sp³-hybridized carbons (Fsp3) is 0.500. The zero-order valence-electron chi connectivity index (χ0n) is 8.95. The number of hydrogen-bond donors (Lipinski definition) is 0. The fourth-order valence-corrected chi connectivity index (χ4v) is 1.77. The fourth-order valence-electron chi connectivity index (χ4n) is 1.54. The Morgan fingerprint density at radius 1 is 1.00 bits per heavy atom. The van der Waals surface area contributed by atoms with Crippen molar-refractivity contribution in [2.75, 3.05) is 6.61 Å². The summed E-state index contributed by atoms with van der Waals surface area (Å²) in [7, 11) is -0.602. The molecule has 0 fully saturated rings. The molecule has 1 unspecified atom stereocenters. The maximum Gasteiger partial charge on any atom is 0.494 e. The van der Waals surface area contributed by atoms with Crippen molar-refractivity contribution >= 4 is 8.69 Å². The predicted octanol–water partition coefficient (Wildman–Crippen LogP) is 3.75. The maximum absolute atomic E-state index is 10.0. The number of hydrogen-bond acceptors (Lipinski definition) is 2. The van der Waals surface area contributed by atoms with Gasteiger partial charge in [0.2, 0.25) is 0 Å². The summed E-state index contributed by atoms with van der Waals surface area (Å²) < 4.78 is 14.8. The van der Waals surface area contributed by atoms with Crippen molar-refractivity contribution in [2.24, 2.45) is 0 Å². The van der Waals surface area contributed by atoms with Crippen LogP contribution in [0.2, 0.25) is 0 Å². The molecular formula is C12H18O2P+. The third-order valence-corrected chi connectivity index (χ3v) is 2.69. The molecule has 0 aliphatic rings. The summed E-state index contributed by atoms with van der Waals surface area (Å²) in [5.74, 6) is 0. The van der Waals surface area contributed by atoms with Gasteiger partial charge in [0.05, 0.1) is 0 Å². The van der Waals surface area contributed by atoms with Crippen molar-refractivity contribution in [2.45, 2.75) is 32.1 Å². The van der Waals surface area contributed by atoms with Crippen LogP contribution < -0.4 is 0 Å². The minimum atomic E-state index is -0.602. The lowest BCUT2D eigenvalue weighted by Gasteiger charge is -2.00. The van der Waals surface area contributed by atoms with Crippen molar-refractivity contribution in [3.8, 4) is 0 Å². The lowest BCUT2D eigenvalue weighted by molar-refractivity contribution is 0.328. The van der Waals surface area contributed by atoms with Gasteiger partial charge in [-0.05, 0) is 29.4 Å². The van der Waals surface area contributed by atoms with Gasteiger partial charge in [0.25, 0.3) is 0 Å². The van der Waals surface area contributed by atoms with Crippen molar-refractivity contribution in [1.82, 2.24) is 0 Å². The van der Waals surface area contributed by atoms with E-state index < -0.39 is 8.69 Å². The Morgan fingerprint density at radius 3 is 2.47 bits per heavy atom. The molecule has 0 aromatic heterocycles. The molecule has 1 rings (SSSR count). The molecular weight excluding hydrogens is 207 g/mol. The molecule has 0 radical (unpaired) electrons. The predicted molar refractivity (Wildman–Crippen MR) is 63.6 cm³/mol. The van der Waals surface area contributed by atoms with Gasteiger partial charge in [-0.1, -0.05) is 43.2 Å². The first-order valence-electron chi connectivity index (χ1n) is 5.46. The second kappa shape index (κ2) is 8.58. The van der Waals surface area contributed by atoms with Crippen LogP contribution in [0, 0.1) is 0 Å². The van der Waals surface area contributed by atoms with Gasteiger partial charge in [-0.2, -0.15) is 0 Å². The molecule has 1 aromatic rings. The van der Waals surface area contributed by atoms with Crippen molar-refractivity contribution in [3.05, 3.63) is 35.9 Å². The largest absolute Gasteiger partial charge is 0.494 e. The Bertz CT molecular complexity index is 262. The molecule has 3 heteroatoms. The molecule has 0 aliphatic carbocycles. The van der Waals surface area contributed by atoms with E-state index >= 15 is 0 Å². The number of rotatable bonds is 8. The molecule has 82 valence electrons. The van der Waals surface area contributed by atoms with Gasteiger partial charge < -0.3 is 0 Å². The average molecular weight is 225 g/mol. The number of unbranched alkanes of at least 4 members (excludes halogenated alkanes) is 3. The molecule has 0 spiro atoms.